The Labute approximate surface area is 199 Å². The standard InChI is InChI=1S/C26H29ClN4O2/c1-16-6-8-21(9-7-16)15-31-26(27)22(20(5)30-31)10-11-23(32)28-14-24(33)29-25-18(3)12-17(2)13-19(25)4/h6-13H,14-15H2,1-5H3,(H,28,32)(H,29,33)/b11-10+. The van der Waals surface area contributed by atoms with E-state index in [4.69, 9.17) is 11.6 Å². The molecule has 0 aliphatic rings. The number of rotatable bonds is 7. The Morgan fingerprint density at radius 2 is 1.64 bits per heavy atom. The van der Waals surface area contributed by atoms with E-state index in [9.17, 15) is 9.59 Å². The molecule has 172 valence electrons. The maximum atomic E-state index is 12.3. The number of halogens is 1. The third kappa shape index (κ3) is 6.33. The van der Waals surface area contributed by atoms with Gasteiger partial charge in [-0.2, -0.15) is 5.10 Å². The van der Waals surface area contributed by atoms with Gasteiger partial charge < -0.3 is 10.6 Å². The third-order valence-corrected chi connectivity index (χ3v) is 5.73. The van der Waals surface area contributed by atoms with Crippen molar-refractivity contribution in [1.29, 1.82) is 0 Å². The van der Waals surface area contributed by atoms with Crippen molar-refractivity contribution in [3.63, 3.8) is 0 Å². The highest BCUT2D eigenvalue weighted by Crippen LogP contribution is 2.23. The summed E-state index contributed by atoms with van der Waals surface area (Å²) in [5.74, 6) is -0.670. The fourth-order valence-electron chi connectivity index (χ4n) is 3.67. The van der Waals surface area contributed by atoms with Crippen molar-refractivity contribution in [3.8, 4) is 0 Å². The summed E-state index contributed by atoms with van der Waals surface area (Å²) < 4.78 is 1.71. The monoisotopic (exact) mass is 464 g/mol. The average Bonchev–Trinajstić information content (AvgIpc) is 3.01. The second-order valence-corrected chi connectivity index (χ2v) is 8.66. The van der Waals surface area contributed by atoms with Gasteiger partial charge in [0.15, 0.2) is 0 Å². The number of anilines is 1. The van der Waals surface area contributed by atoms with Gasteiger partial charge in [-0.15, -0.1) is 0 Å². The fraction of sp³-hybridized carbons (Fsp3) is 0.269. The van der Waals surface area contributed by atoms with Crippen molar-refractivity contribution in [1.82, 2.24) is 15.1 Å². The van der Waals surface area contributed by atoms with Gasteiger partial charge in [0.1, 0.15) is 5.15 Å². The number of aromatic nitrogens is 2. The lowest BCUT2D eigenvalue weighted by molar-refractivity contribution is -0.121. The lowest BCUT2D eigenvalue weighted by Crippen LogP contribution is -2.32. The van der Waals surface area contributed by atoms with Crippen LogP contribution >= 0.6 is 11.6 Å². The minimum atomic E-state index is -0.385. The predicted molar refractivity (Wildman–Crippen MR) is 134 cm³/mol. The van der Waals surface area contributed by atoms with Crippen molar-refractivity contribution in [3.05, 3.63) is 86.7 Å². The van der Waals surface area contributed by atoms with Crippen LogP contribution in [0, 0.1) is 34.6 Å². The molecule has 0 aliphatic carbocycles. The van der Waals surface area contributed by atoms with Crippen molar-refractivity contribution in [2.75, 3.05) is 11.9 Å². The van der Waals surface area contributed by atoms with Gasteiger partial charge in [0.25, 0.3) is 0 Å². The first-order valence-electron chi connectivity index (χ1n) is 10.8. The van der Waals surface area contributed by atoms with Crippen LogP contribution in [0.2, 0.25) is 5.15 Å². The smallest absolute Gasteiger partial charge is 0.244 e. The topological polar surface area (TPSA) is 76.0 Å². The van der Waals surface area contributed by atoms with Crippen LogP contribution in [0.4, 0.5) is 5.69 Å². The van der Waals surface area contributed by atoms with Crippen LogP contribution in [0.1, 0.15) is 39.1 Å². The molecule has 6 nitrogen and oxygen atoms in total. The van der Waals surface area contributed by atoms with E-state index >= 15 is 0 Å². The Morgan fingerprint density at radius 1 is 1.00 bits per heavy atom. The molecule has 1 heterocycles. The van der Waals surface area contributed by atoms with Gasteiger partial charge in [0.05, 0.1) is 18.8 Å². The molecule has 0 spiro atoms. The highest BCUT2D eigenvalue weighted by molar-refractivity contribution is 6.31. The zero-order valence-corrected chi connectivity index (χ0v) is 20.4. The van der Waals surface area contributed by atoms with E-state index in [1.54, 1.807) is 10.8 Å². The molecule has 1 aromatic heterocycles. The lowest BCUT2D eigenvalue weighted by Gasteiger charge is -2.13. The van der Waals surface area contributed by atoms with E-state index < -0.39 is 0 Å². The van der Waals surface area contributed by atoms with Gasteiger partial charge in [-0.1, -0.05) is 59.1 Å². The fourth-order valence-corrected chi connectivity index (χ4v) is 3.97. The Hall–Kier alpha value is -3.38. The molecule has 0 fully saturated rings. The van der Waals surface area contributed by atoms with E-state index in [1.165, 1.54) is 11.6 Å². The molecule has 0 saturated heterocycles. The molecule has 2 N–H and O–H groups in total. The van der Waals surface area contributed by atoms with Crippen LogP contribution in [0.3, 0.4) is 0 Å². The quantitative estimate of drug-likeness (QED) is 0.488. The van der Waals surface area contributed by atoms with Gasteiger partial charge in [-0.25, -0.2) is 4.68 Å². The summed E-state index contributed by atoms with van der Waals surface area (Å²) in [5.41, 5.74) is 7.56. The first kappa shape index (κ1) is 24.3. The molecule has 0 aliphatic heterocycles. The molecule has 0 saturated carbocycles. The number of nitrogens with zero attached hydrogens (tertiary/aromatic N) is 2. The minimum absolute atomic E-state index is 0.130. The van der Waals surface area contributed by atoms with Crippen LogP contribution in [0.15, 0.2) is 42.5 Å². The van der Waals surface area contributed by atoms with Gasteiger partial charge in [-0.05, 0) is 57.4 Å². The van der Waals surface area contributed by atoms with Crippen molar-refractivity contribution in [2.24, 2.45) is 0 Å². The van der Waals surface area contributed by atoms with E-state index in [-0.39, 0.29) is 18.4 Å². The Kier molecular flexibility index (Phi) is 7.71. The second-order valence-electron chi connectivity index (χ2n) is 8.31. The summed E-state index contributed by atoms with van der Waals surface area (Å²) in [5, 5.41) is 10.4. The number of aryl methyl sites for hydroxylation is 5. The number of carbonyl (C=O) groups is 2. The van der Waals surface area contributed by atoms with Crippen molar-refractivity contribution in [2.45, 2.75) is 41.2 Å². The molecule has 0 bridgehead atoms. The summed E-state index contributed by atoms with van der Waals surface area (Å²) in [7, 11) is 0. The van der Waals surface area contributed by atoms with Gasteiger partial charge in [0, 0.05) is 17.3 Å². The first-order valence-corrected chi connectivity index (χ1v) is 11.1. The number of hydrogen-bond donors (Lipinski definition) is 2. The van der Waals surface area contributed by atoms with E-state index in [1.807, 2.05) is 71.0 Å². The van der Waals surface area contributed by atoms with Gasteiger partial charge in [-0.3, -0.25) is 9.59 Å². The largest absolute Gasteiger partial charge is 0.343 e. The SMILES string of the molecule is Cc1ccc(Cn2nc(C)c(/C=C/C(=O)NCC(=O)Nc3c(C)cc(C)cc3C)c2Cl)cc1. The van der Waals surface area contributed by atoms with E-state index in [2.05, 4.69) is 15.7 Å². The molecule has 7 heteroatoms. The number of benzene rings is 2. The Morgan fingerprint density at radius 3 is 2.27 bits per heavy atom. The summed E-state index contributed by atoms with van der Waals surface area (Å²) in [6.07, 6.45) is 2.99. The molecule has 0 atom stereocenters. The second kappa shape index (κ2) is 10.5. The first-order chi connectivity index (χ1) is 15.6. The molecular formula is C26H29ClN4O2. The maximum absolute atomic E-state index is 12.3. The highest BCUT2D eigenvalue weighted by Gasteiger charge is 2.13. The molecule has 3 aromatic rings. The number of hydrogen-bond acceptors (Lipinski definition) is 3. The number of nitrogens with one attached hydrogen (secondary N) is 2. The van der Waals surface area contributed by atoms with Crippen LogP contribution in [-0.2, 0) is 16.1 Å². The maximum Gasteiger partial charge on any atom is 0.244 e. The number of carbonyl (C=O) groups excluding carboxylic acids is 2. The zero-order chi connectivity index (χ0) is 24.1. The van der Waals surface area contributed by atoms with E-state index in [0.717, 1.165) is 33.6 Å². The summed E-state index contributed by atoms with van der Waals surface area (Å²) in [4.78, 5) is 24.6. The lowest BCUT2D eigenvalue weighted by atomic mass is 10.1. The molecule has 3 rings (SSSR count). The molecular weight excluding hydrogens is 436 g/mol. The molecule has 2 amide bonds. The molecule has 0 unspecified atom stereocenters. The summed E-state index contributed by atoms with van der Waals surface area (Å²) >= 11 is 6.51. The number of amides is 2. The van der Waals surface area contributed by atoms with Crippen LogP contribution in [-0.4, -0.2) is 28.1 Å². The van der Waals surface area contributed by atoms with Crippen molar-refractivity contribution >= 4 is 35.2 Å². The Balaban J connectivity index is 1.59. The van der Waals surface area contributed by atoms with Gasteiger partial charge in [0.2, 0.25) is 11.8 Å². The predicted octanol–water partition coefficient (Wildman–Crippen LogP) is 4.90. The van der Waals surface area contributed by atoms with Crippen LogP contribution in [0.25, 0.3) is 6.08 Å². The van der Waals surface area contributed by atoms with E-state index in [0.29, 0.717) is 17.3 Å². The minimum Gasteiger partial charge on any atom is -0.343 e. The van der Waals surface area contributed by atoms with Crippen LogP contribution < -0.4 is 10.6 Å². The molecule has 0 radical (unpaired) electrons. The molecule has 33 heavy (non-hydrogen) atoms. The summed E-state index contributed by atoms with van der Waals surface area (Å²) in [6.45, 7) is 10.2. The van der Waals surface area contributed by atoms with Crippen LogP contribution in [0.5, 0.6) is 0 Å². The highest BCUT2D eigenvalue weighted by atomic mass is 35.5. The zero-order valence-electron chi connectivity index (χ0n) is 19.6. The normalized spacial score (nSPS) is 11.1. The average molecular weight is 465 g/mol. The molecule has 2 aromatic carbocycles. The van der Waals surface area contributed by atoms with Crippen molar-refractivity contribution < 1.29 is 9.59 Å². The summed E-state index contributed by atoms with van der Waals surface area (Å²) in [6, 6.07) is 12.2. The third-order valence-electron chi connectivity index (χ3n) is 5.33. The van der Waals surface area contributed by atoms with Gasteiger partial charge >= 0.3 is 0 Å². The Bertz CT molecular complexity index is 1190.